The number of fused-ring (bicyclic) bond motifs is 3. The number of carboxylic acids is 1. The number of carbonyl (C=O) groups is 2. The van der Waals surface area contributed by atoms with Crippen molar-refractivity contribution in [3.05, 3.63) is 59.7 Å². The van der Waals surface area contributed by atoms with Crippen molar-refractivity contribution in [2.45, 2.75) is 31.6 Å². The number of nitrogens with zero attached hydrogens (tertiary/aromatic N) is 1. The predicted molar refractivity (Wildman–Crippen MR) is 106 cm³/mol. The van der Waals surface area contributed by atoms with E-state index in [1.165, 1.54) is 35.3 Å². The largest absolute Gasteiger partial charge is 0.480 e. The van der Waals surface area contributed by atoms with Crippen LogP contribution in [0.25, 0.3) is 11.1 Å². The quantitative estimate of drug-likeness (QED) is 0.768. The third kappa shape index (κ3) is 3.75. The van der Waals surface area contributed by atoms with Crippen molar-refractivity contribution in [1.29, 1.82) is 0 Å². The molecule has 2 aromatic rings. The Balaban J connectivity index is 1.44. The van der Waals surface area contributed by atoms with Gasteiger partial charge in [-0.1, -0.05) is 67.8 Å². The molecule has 0 saturated heterocycles. The van der Waals surface area contributed by atoms with Crippen molar-refractivity contribution in [3.8, 4) is 11.1 Å². The molecule has 28 heavy (non-hydrogen) atoms. The second-order valence-electron chi connectivity index (χ2n) is 7.70. The highest BCUT2D eigenvalue weighted by molar-refractivity contribution is 5.79. The zero-order chi connectivity index (χ0) is 19.5. The first-order valence-electron chi connectivity index (χ1n) is 9.95. The molecule has 0 spiro atoms. The number of amides is 1. The van der Waals surface area contributed by atoms with E-state index in [-0.39, 0.29) is 19.1 Å². The number of carbonyl (C=O) groups excluding carboxylic acids is 1. The van der Waals surface area contributed by atoms with Crippen LogP contribution in [0.5, 0.6) is 0 Å². The lowest BCUT2D eigenvalue weighted by Crippen LogP contribution is -2.38. The number of hydrogen-bond acceptors (Lipinski definition) is 3. The zero-order valence-corrected chi connectivity index (χ0v) is 15.8. The van der Waals surface area contributed by atoms with Crippen LogP contribution in [-0.2, 0) is 9.53 Å². The lowest BCUT2D eigenvalue weighted by molar-refractivity contribution is -0.138. The monoisotopic (exact) mass is 379 g/mol. The molecule has 0 atom stereocenters. The van der Waals surface area contributed by atoms with Crippen molar-refractivity contribution in [2.24, 2.45) is 5.92 Å². The Labute approximate surface area is 164 Å². The van der Waals surface area contributed by atoms with Crippen molar-refractivity contribution < 1.29 is 19.4 Å². The van der Waals surface area contributed by atoms with Crippen LogP contribution in [-0.4, -0.2) is 41.8 Å². The summed E-state index contributed by atoms with van der Waals surface area (Å²) in [6.45, 7) is 0.337. The number of benzene rings is 2. The molecule has 1 fully saturated rings. The van der Waals surface area contributed by atoms with E-state index in [0.29, 0.717) is 12.5 Å². The maximum atomic E-state index is 12.6. The molecule has 5 heteroatoms. The maximum Gasteiger partial charge on any atom is 0.410 e. The summed E-state index contributed by atoms with van der Waals surface area (Å²) in [7, 11) is 0. The first-order valence-corrected chi connectivity index (χ1v) is 9.95. The fourth-order valence-corrected chi connectivity index (χ4v) is 4.20. The van der Waals surface area contributed by atoms with E-state index < -0.39 is 12.1 Å². The van der Waals surface area contributed by atoms with Gasteiger partial charge < -0.3 is 9.84 Å². The Morgan fingerprint density at radius 3 is 2.14 bits per heavy atom. The second kappa shape index (κ2) is 8.05. The lowest BCUT2D eigenvalue weighted by Gasteiger charge is -2.28. The predicted octanol–water partition coefficient (Wildman–Crippen LogP) is 4.51. The van der Waals surface area contributed by atoms with Crippen molar-refractivity contribution in [3.63, 3.8) is 0 Å². The number of rotatable bonds is 7. The van der Waals surface area contributed by atoms with Gasteiger partial charge in [-0.05, 0) is 34.6 Å². The molecule has 4 rings (SSSR count). The molecule has 5 nitrogen and oxygen atoms in total. The molecular weight excluding hydrogens is 354 g/mol. The molecule has 0 aromatic heterocycles. The van der Waals surface area contributed by atoms with Gasteiger partial charge in [0.1, 0.15) is 13.2 Å². The SMILES string of the molecule is O=C(O)CN(CCC1CCC1)C(=O)OCC1c2ccccc2-c2ccccc21. The number of hydrogen-bond donors (Lipinski definition) is 1. The van der Waals surface area contributed by atoms with E-state index in [9.17, 15) is 9.59 Å². The Bertz CT molecular complexity index is 829. The minimum Gasteiger partial charge on any atom is -0.480 e. The summed E-state index contributed by atoms with van der Waals surface area (Å²) in [6.07, 6.45) is 3.88. The van der Waals surface area contributed by atoms with Crippen molar-refractivity contribution in [1.82, 2.24) is 4.90 Å². The lowest BCUT2D eigenvalue weighted by atomic mass is 9.83. The fourth-order valence-electron chi connectivity index (χ4n) is 4.20. The Hall–Kier alpha value is -2.82. The average molecular weight is 379 g/mol. The molecule has 0 radical (unpaired) electrons. The highest BCUT2D eigenvalue weighted by atomic mass is 16.6. The Morgan fingerprint density at radius 1 is 1.00 bits per heavy atom. The third-order valence-corrected chi connectivity index (χ3v) is 5.95. The smallest absolute Gasteiger partial charge is 0.410 e. The van der Waals surface area contributed by atoms with Crippen LogP contribution in [0.4, 0.5) is 4.79 Å². The topological polar surface area (TPSA) is 66.8 Å². The molecule has 0 unspecified atom stereocenters. The molecule has 1 amide bonds. The van der Waals surface area contributed by atoms with E-state index in [4.69, 9.17) is 9.84 Å². The summed E-state index contributed by atoms with van der Waals surface area (Å²) < 4.78 is 5.61. The van der Waals surface area contributed by atoms with Gasteiger partial charge >= 0.3 is 12.1 Å². The average Bonchev–Trinajstić information content (AvgIpc) is 2.98. The highest BCUT2D eigenvalue weighted by Gasteiger charge is 2.30. The number of ether oxygens (including phenoxy) is 1. The molecule has 0 bridgehead atoms. The molecule has 0 aliphatic heterocycles. The molecule has 0 heterocycles. The van der Waals surface area contributed by atoms with Crippen LogP contribution < -0.4 is 0 Å². The van der Waals surface area contributed by atoms with Crippen LogP contribution >= 0.6 is 0 Å². The van der Waals surface area contributed by atoms with Gasteiger partial charge in [-0.2, -0.15) is 0 Å². The Morgan fingerprint density at radius 2 is 1.61 bits per heavy atom. The van der Waals surface area contributed by atoms with Crippen molar-refractivity contribution >= 4 is 12.1 Å². The molecule has 2 aliphatic rings. The summed E-state index contributed by atoms with van der Waals surface area (Å²) in [5.41, 5.74) is 4.64. The van der Waals surface area contributed by atoms with Crippen LogP contribution in [0.3, 0.4) is 0 Å². The third-order valence-electron chi connectivity index (χ3n) is 5.95. The van der Waals surface area contributed by atoms with Gasteiger partial charge in [0.25, 0.3) is 0 Å². The first kappa shape index (κ1) is 18.5. The van der Waals surface area contributed by atoms with Gasteiger partial charge in [0.2, 0.25) is 0 Å². The second-order valence-corrected chi connectivity index (χ2v) is 7.70. The standard InChI is InChI=1S/C23H25NO4/c25-22(26)14-24(13-12-16-6-5-7-16)23(27)28-15-21-19-10-3-1-8-17(19)18-9-2-4-11-20(18)21/h1-4,8-11,16,21H,5-7,12-15H2,(H,25,26). The van der Waals surface area contributed by atoms with Crippen LogP contribution in [0, 0.1) is 5.92 Å². The first-order chi connectivity index (χ1) is 13.6. The molecular formula is C23H25NO4. The van der Waals surface area contributed by atoms with Crippen LogP contribution in [0.1, 0.15) is 42.7 Å². The molecule has 1 saturated carbocycles. The molecule has 2 aromatic carbocycles. The van der Waals surface area contributed by atoms with E-state index >= 15 is 0 Å². The summed E-state index contributed by atoms with van der Waals surface area (Å²) >= 11 is 0. The fraction of sp³-hybridized carbons (Fsp3) is 0.391. The van der Waals surface area contributed by atoms with Gasteiger partial charge in [0.15, 0.2) is 0 Å². The zero-order valence-electron chi connectivity index (χ0n) is 15.8. The van der Waals surface area contributed by atoms with E-state index in [1.54, 1.807) is 0 Å². The normalized spacial score (nSPS) is 15.4. The number of carboxylic acid groups (broad SMARTS) is 1. The summed E-state index contributed by atoms with van der Waals surface area (Å²) in [5.74, 6) is -0.422. The van der Waals surface area contributed by atoms with Crippen LogP contribution in [0.15, 0.2) is 48.5 Å². The summed E-state index contributed by atoms with van der Waals surface area (Å²) in [5, 5.41) is 9.16. The van der Waals surface area contributed by atoms with Gasteiger partial charge in [0.05, 0.1) is 0 Å². The van der Waals surface area contributed by atoms with Gasteiger partial charge in [0, 0.05) is 12.5 Å². The van der Waals surface area contributed by atoms with Gasteiger partial charge in [-0.25, -0.2) is 4.79 Å². The van der Waals surface area contributed by atoms with E-state index in [2.05, 4.69) is 24.3 Å². The molecule has 146 valence electrons. The summed E-state index contributed by atoms with van der Waals surface area (Å²) in [4.78, 5) is 25.1. The minimum atomic E-state index is -1.01. The Kier molecular flexibility index (Phi) is 5.33. The summed E-state index contributed by atoms with van der Waals surface area (Å²) in [6, 6.07) is 16.3. The molecule has 2 aliphatic carbocycles. The van der Waals surface area contributed by atoms with Crippen LogP contribution in [0.2, 0.25) is 0 Å². The van der Waals surface area contributed by atoms with E-state index in [1.807, 2.05) is 24.3 Å². The molecule has 1 N–H and O–H groups in total. The van der Waals surface area contributed by atoms with E-state index in [0.717, 1.165) is 17.5 Å². The minimum absolute atomic E-state index is 0.0188. The maximum absolute atomic E-state index is 12.6. The van der Waals surface area contributed by atoms with Gasteiger partial charge in [-0.3, -0.25) is 9.69 Å². The highest BCUT2D eigenvalue weighted by Crippen LogP contribution is 2.44. The van der Waals surface area contributed by atoms with Gasteiger partial charge in [-0.15, -0.1) is 0 Å². The number of aliphatic carboxylic acids is 1. The van der Waals surface area contributed by atoms with Crippen molar-refractivity contribution in [2.75, 3.05) is 19.7 Å².